The number of ether oxygens (including phenoxy) is 1. The molecule has 101 heavy (non-hydrogen) atoms. The number of fused-ring (bicyclic) bond motifs is 17. The van der Waals surface area contributed by atoms with Crippen LogP contribution in [0.3, 0.4) is 0 Å². The van der Waals surface area contributed by atoms with Gasteiger partial charge in [-0.1, -0.05) is 231 Å². The molecule has 0 radical (unpaired) electrons. The second-order valence-corrected chi connectivity index (χ2v) is 30.1. The molecular formula is C91H56B2N4OS3. The maximum absolute atomic E-state index is 7.48. The lowest BCUT2D eigenvalue weighted by Crippen LogP contribution is -2.64. The maximum Gasteiger partial charge on any atom is 0.256 e. The van der Waals surface area contributed by atoms with Crippen molar-refractivity contribution in [1.82, 2.24) is 0 Å². The predicted molar refractivity (Wildman–Crippen MR) is 433 cm³/mol. The third kappa shape index (κ3) is 8.50. The van der Waals surface area contributed by atoms with Gasteiger partial charge >= 0.3 is 0 Å². The van der Waals surface area contributed by atoms with Gasteiger partial charge in [-0.05, 0) is 153 Å². The summed E-state index contributed by atoms with van der Waals surface area (Å²) in [5, 5.41) is 7.52. The van der Waals surface area contributed by atoms with Crippen molar-refractivity contribution in [2.24, 2.45) is 0 Å². The molecule has 0 bridgehead atoms. The Morgan fingerprint density at radius 1 is 0.277 bits per heavy atom. The van der Waals surface area contributed by atoms with Gasteiger partial charge in [0, 0.05) is 97.8 Å². The molecule has 0 saturated heterocycles. The smallest absolute Gasteiger partial charge is 0.256 e. The van der Waals surface area contributed by atoms with E-state index in [1.54, 1.807) is 0 Å². The van der Waals surface area contributed by atoms with Gasteiger partial charge in [-0.2, -0.15) is 0 Å². The third-order valence-electron chi connectivity index (χ3n) is 21.5. The lowest BCUT2D eigenvalue weighted by molar-refractivity contribution is 0.486. The fourth-order valence-electron chi connectivity index (χ4n) is 17.4. The van der Waals surface area contributed by atoms with Gasteiger partial charge in [0.15, 0.2) is 0 Å². The van der Waals surface area contributed by atoms with E-state index in [4.69, 9.17) is 4.74 Å². The molecule has 0 unspecified atom stereocenters. The van der Waals surface area contributed by atoms with Gasteiger partial charge in [0.1, 0.15) is 11.5 Å². The monoisotopic (exact) mass is 1340 g/mol. The molecule has 0 spiro atoms. The number of benzene rings is 15. The van der Waals surface area contributed by atoms with E-state index < -0.39 is 0 Å². The molecule has 0 aliphatic carbocycles. The molecule has 10 heteroatoms. The number of nitrogens with zero attached hydrogens (tertiary/aromatic N) is 4. The quantitative estimate of drug-likeness (QED) is 0.106. The van der Waals surface area contributed by atoms with E-state index in [1.807, 2.05) is 34.0 Å². The number of hydrogen-bond acceptors (Lipinski definition) is 8. The fraction of sp³-hybridized carbons (Fsp3) is 0.0110. The van der Waals surface area contributed by atoms with Gasteiger partial charge in [-0.15, -0.1) is 34.0 Å². The molecule has 3 aromatic heterocycles. The molecule has 18 aromatic rings. The van der Waals surface area contributed by atoms with E-state index in [0.29, 0.717) is 0 Å². The summed E-state index contributed by atoms with van der Waals surface area (Å²) in [6.45, 7) is -0.419. The van der Waals surface area contributed by atoms with Crippen LogP contribution in [0.1, 0.15) is 22.6 Å². The molecule has 22 rings (SSSR count). The lowest BCUT2D eigenvalue weighted by atomic mass is 9.30. The third-order valence-corrected chi connectivity index (χ3v) is 25.2. The molecular weight excluding hydrogens is 1280 g/mol. The molecule has 0 amide bonds. The van der Waals surface area contributed by atoms with Crippen molar-refractivity contribution in [2.45, 2.75) is 5.92 Å². The van der Waals surface area contributed by atoms with Crippen molar-refractivity contribution in [3.63, 3.8) is 0 Å². The molecule has 5 nitrogen and oxygen atoms in total. The Bertz CT molecular complexity index is 6410. The minimum Gasteiger partial charge on any atom is -0.458 e. The van der Waals surface area contributed by atoms with E-state index in [-0.39, 0.29) is 19.3 Å². The Hall–Kier alpha value is -11.9. The van der Waals surface area contributed by atoms with E-state index >= 15 is 0 Å². The summed E-state index contributed by atoms with van der Waals surface area (Å²) in [6.07, 6.45) is 0. The Balaban J connectivity index is 0.892. The summed E-state index contributed by atoms with van der Waals surface area (Å²) in [5.74, 6) is 1.65. The topological polar surface area (TPSA) is 22.2 Å². The largest absolute Gasteiger partial charge is 0.458 e. The van der Waals surface area contributed by atoms with Crippen molar-refractivity contribution in [1.29, 1.82) is 0 Å². The van der Waals surface area contributed by atoms with Crippen LogP contribution in [0.15, 0.2) is 334 Å². The zero-order valence-corrected chi connectivity index (χ0v) is 56.9. The van der Waals surface area contributed by atoms with Gasteiger partial charge < -0.3 is 24.3 Å². The highest BCUT2D eigenvalue weighted by Gasteiger charge is 2.49. The number of para-hydroxylation sites is 4. The highest BCUT2D eigenvalue weighted by Crippen LogP contribution is 2.55. The summed E-state index contributed by atoms with van der Waals surface area (Å²) in [7, 11) is 0. The fourth-order valence-corrected chi connectivity index (χ4v) is 21.0. The van der Waals surface area contributed by atoms with E-state index in [2.05, 4.69) is 353 Å². The molecule has 15 aromatic carbocycles. The van der Waals surface area contributed by atoms with E-state index in [0.717, 1.165) is 90.8 Å². The van der Waals surface area contributed by atoms with Gasteiger partial charge in [0.2, 0.25) is 0 Å². The van der Waals surface area contributed by atoms with Crippen molar-refractivity contribution in [3.8, 4) is 11.5 Å². The number of hydrogen-bond donors (Lipinski definition) is 0. The van der Waals surface area contributed by atoms with E-state index in [9.17, 15) is 0 Å². The van der Waals surface area contributed by atoms with Crippen LogP contribution in [-0.4, -0.2) is 13.4 Å². The van der Waals surface area contributed by atoms with Crippen LogP contribution in [0.5, 0.6) is 11.5 Å². The second-order valence-electron chi connectivity index (χ2n) is 26.9. The first-order valence-electron chi connectivity index (χ1n) is 34.6. The molecule has 0 N–H and O–H groups in total. The zero-order chi connectivity index (χ0) is 66.0. The van der Waals surface area contributed by atoms with Crippen LogP contribution in [-0.2, 0) is 0 Å². The summed E-state index contributed by atoms with van der Waals surface area (Å²) in [6, 6.07) is 125. The molecule has 0 saturated carbocycles. The van der Waals surface area contributed by atoms with Crippen molar-refractivity contribution in [3.05, 3.63) is 350 Å². The van der Waals surface area contributed by atoms with Crippen LogP contribution in [0.2, 0.25) is 0 Å². The highest BCUT2D eigenvalue weighted by molar-refractivity contribution is 7.27. The normalized spacial score (nSPS) is 13.2. The Kier molecular flexibility index (Phi) is 12.6. The summed E-state index contributed by atoms with van der Waals surface area (Å²) in [4.78, 5) is 10.4. The standard InChI is InChI=1S/C91H56B2N4OS3/c1-5-26-56(27-6-1)86(57-28-7-2-8-29-57)58-50-78-88-82(51-58)98-81-46-19-17-41-69(81)93(88)71-54-70-76(55-77(71)96(78)74-44-24-38-66-63-35-14-21-48-84(63)100-90(66)74)97(75-45-25-39-67-64-36-15-22-49-85(64)101-91(67)75)80-53-61(52-79-87(80)92(70)68-40-16-18-42-72(68)95(79)60-32-11-4-12-33-60)94(59-30-9-3-10-31-59)73-43-23-37-65-62-34-13-20-47-83(62)99-89(65)73/h1-55,86H. The molecule has 470 valence electrons. The lowest BCUT2D eigenvalue weighted by Gasteiger charge is -2.47. The molecule has 7 heterocycles. The van der Waals surface area contributed by atoms with Crippen LogP contribution in [0, 0.1) is 0 Å². The molecule has 0 fully saturated rings. The summed E-state index contributed by atoms with van der Waals surface area (Å²) < 4.78 is 15.0. The minimum atomic E-state index is -0.213. The van der Waals surface area contributed by atoms with Crippen molar-refractivity contribution < 1.29 is 4.74 Å². The van der Waals surface area contributed by atoms with Gasteiger partial charge in [-0.25, -0.2) is 0 Å². The Labute approximate surface area is 596 Å². The maximum atomic E-state index is 7.48. The molecule has 4 aliphatic rings. The summed E-state index contributed by atoms with van der Waals surface area (Å²) in [5.41, 5.74) is 24.3. The van der Waals surface area contributed by atoms with Crippen molar-refractivity contribution in [2.75, 3.05) is 19.6 Å². The first kappa shape index (κ1) is 57.0. The zero-order valence-electron chi connectivity index (χ0n) is 54.4. The van der Waals surface area contributed by atoms with Crippen LogP contribution in [0.25, 0.3) is 60.5 Å². The first-order chi connectivity index (χ1) is 50.1. The van der Waals surface area contributed by atoms with Gasteiger partial charge in [0.25, 0.3) is 13.4 Å². The highest BCUT2D eigenvalue weighted by atomic mass is 32.1. The van der Waals surface area contributed by atoms with Crippen LogP contribution in [0.4, 0.5) is 68.2 Å². The number of anilines is 12. The number of thiophene rings is 3. The minimum absolute atomic E-state index is 0.106. The van der Waals surface area contributed by atoms with Crippen molar-refractivity contribution >= 4 is 209 Å². The van der Waals surface area contributed by atoms with Gasteiger partial charge in [-0.3, -0.25) is 0 Å². The Morgan fingerprint density at radius 2 is 0.733 bits per heavy atom. The molecule has 4 aliphatic heterocycles. The SMILES string of the molecule is c1ccc(C(c2ccccc2)c2cc3c4c(c2)N(c2cccc5c2sc2ccccc25)c2cc5c(cc2B4c2ccccc2O3)B2c3ccccc3N(c3ccccc3)c3cc(N(c4ccccc4)c4cccc6c4sc4ccccc46)cc(c32)N5c2cccc3c2sc2ccccc23)cc1. The Morgan fingerprint density at radius 3 is 1.35 bits per heavy atom. The average molecular weight is 1340 g/mol. The van der Waals surface area contributed by atoms with Crippen LogP contribution >= 0.6 is 34.0 Å². The van der Waals surface area contributed by atoms with Crippen LogP contribution < -0.4 is 57.1 Å². The summed E-state index contributed by atoms with van der Waals surface area (Å²) >= 11 is 5.65. The second kappa shape index (κ2) is 22.3. The van der Waals surface area contributed by atoms with Gasteiger partial charge in [0.05, 0.1) is 36.8 Å². The van der Waals surface area contributed by atoms with E-state index in [1.165, 1.54) is 99.0 Å². The number of rotatable bonds is 9. The first-order valence-corrected chi connectivity index (χ1v) is 37.1. The average Bonchev–Trinajstić information content (AvgIpc) is 1.09. The predicted octanol–water partition coefficient (Wildman–Crippen LogP) is 21.9. The molecule has 0 atom stereocenters.